The van der Waals surface area contributed by atoms with E-state index in [0.29, 0.717) is 19.1 Å². The maximum absolute atomic E-state index is 12.9. The Balaban J connectivity index is 1.82. The van der Waals surface area contributed by atoms with Crippen LogP contribution in [-0.2, 0) is 4.74 Å². The first kappa shape index (κ1) is 16.7. The van der Waals surface area contributed by atoms with Gasteiger partial charge in [-0.3, -0.25) is 4.79 Å². The zero-order valence-corrected chi connectivity index (χ0v) is 12.8. The van der Waals surface area contributed by atoms with E-state index in [1.807, 2.05) is 0 Å². The van der Waals surface area contributed by atoms with Gasteiger partial charge in [-0.25, -0.2) is 4.39 Å². The summed E-state index contributed by atoms with van der Waals surface area (Å²) in [5.74, 6) is -0.873. The standard InChI is InChI=1S/C16H23FN2O3/c1-22-8-7-19-6-2-3-12(11-19)10-18-16(21)14-5-4-13(17)9-15(14)20/h4-5,9,12,20H,2-3,6-8,10-11H2,1H3,(H,18,21). The van der Waals surface area contributed by atoms with Gasteiger partial charge in [0, 0.05) is 32.8 Å². The number of phenolic OH excluding ortho intramolecular Hbond substituents is 1. The number of amides is 1. The molecule has 1 amide bonds. The lowest BCUT2D eigenvalue weighted by Crippen LogP contribution is -2.42. The third-order valence-electron chi connectivity index (χ3n) is 3.97. The predicted octanol–water partition coefficient (Wildman–Crippen LogP) is 1.62. The molecule has 0 spiro atoms. The van der Waals surface area contributed by atoms with Crippen molar-refractivity contribution in [3.8, 4) is 5.75 Å². The summed E-state index contributed by atoms with van der Waals surface area (Å²) in [7, 11) is 1.69. The van der Waals surface area contributed by atoms with Crippen molar-refractivity contribution >= 4 is 5.91 Å². The first-order chi connectivity index (χ1) is 10.6. The second-order valence-corrected chi connectivity index (χ2v) is 5.67. The molecule has 122 valence electrons. The van der Waals surface area contributed by atoms with Crippen molar-refractivity contribution in [3.05, 3.63) is 29.6 Å². The highest BCUT2D eigenvalue weighted by Gasteiger charge is 2.21. The van der Waals surface area contributed by atoms with Crippen LogP contribution in [0.5, 0.6) is 5.75 Å². The van der Waals surface area contributed by atoms with E-state index in [9.17, 15) is 14.3 Å². The maximum Gasteiger partial charge on any atom is 0.255 e. The Morgan fingerprint density at radius 2 is 2.36 bits per heavy atom. The van der Waals surface area contributed by atoms with Gasteiger partial charge in [0.1, 0.15) is 11.6 Å². The quantitative estimate of drug-likeness (QED) is 0.838. The van der Waals surface area contributed by atoms with Gasteiger partial charge < -0.3 is 20.1 Å². The molecule has 0 aromatic heterocycles. The number of aromatic hydroxyl groups is 1. The highest BCUT2D eigenvalue weighted by molar-refractivity contribution is 5.96. The molecule has 1 aliphatic heterocycles. The van der Waals surface area contributed by atoms with Gasteiger partial charge in [0.25, 0.3) is 5.91 Å². The number of carbonyl (C=O) groups is 1. The molecule has 0 radical (unpaired) electrons. The fourth-order valence-corrected chi connectivity index (χ4v) is 2.77. The van der Waals surface area contributed by atoms with Gasteiger partial charge in [0.2, 0.25) is 0 Å². The second kappa shape index (κ2) is 8.10. The van der Waals surface area contributed by atoms with Crippen LogP contribution in [-0.4, -0.2) is 55.8 Å². The van der Waals surface area contributed by atoms with Gasteiger partial charge in [-0.2, -0.15) is 0 Å². The fourth-order valence-electron chi connectivity index (χ4n) is 2.77. The van der Waals surface area contributed by atoms with E-state index in [1.54, 1.807) is 7.11 Å². The SMILES string of the molecule is COCCN1CCCC(CNC(=O)c2ccc(F)cc2O)C1. The number of nitrogens with one attached hydrogen (secondary N) is 1. The average Bonchev–Trinajstić information content (AvgIpc) is 2.51. The van der Waals surface area contributed by atoms with E-state index < -0.39 is 5.82 Å². The van der Waals surface area contributed by atoms with Crippen LogP contribution in [0.2, 0.25) is 0 Å². The van der Waals surface area contributed by atoms with E-state index in [2.05, 4.69) is 10.2 Å². The molecule has 6 heteroatoms. The van der Waals surface area contributed by atoms with Gasteiger partial charge in [0.05, 0.1) is 12.2 Å². The Kier molecular flexibility index (Phi) is 6.15. The molecule has 1 atom stereocenters. The smallest absolute Gasteiger partial charge is 0.255 e. The lowest BCUT2D eigenvalue weighted by atomic mass is 9.98. The van der Waals surface area contributed by atoms with E-state index in [4.69, 9.17) is 4.74 Å². The van der Waals surface area contributed by atoms with E-state index in [-0.39, 0.29) is 17.2 Å². The summed E-state index contributed by atoms with van der Waals surface area (Å²) >= 11 is 0. The van der Waals surface area contributed by atoms with Crippen molar-refractivity contribution in [2.75, 3.05) is 39.9 Å². The van der Waals surface area contributed by atoms with Crippen LogP contribution in [0.1, 0.15) is 23.2 Å². The summed E-state index contributed by atoms with van der Waals surface area (Å²) in [6.07, 6.45) is 2.17. The average molecular weight is 310 g/mol. The van der Waals surface area contributed by atoms with Gasteiger partial charge in [-0.05, 0) is 37.4 Å². The molecule has 1 fully saturated rings. The van der Waals surface area contributed by atoms with Gasteiger partial charge in [0.15, 0.2) is 0 Å². The predicted molar refractivity (Wildman–Crippen MR) is 81.4 cm³/mol. The van der Waals surface area contributed by atoms with Crippen molar-refractivity contribution in [1.82, 2.24) is 10.2 Å². The lowest BCUT2D eigenvalue weighted by molar-refractivity contribution is 0.0910. The molecule has 2 rings (SSSR count). The molecule has 1 aromatic rings. The molecule has 0 bridgehead atoms. The Hall–Kier alpha value is -1.66. The molecular formula is C16H23FN2O3. The van der Waals surface area contributed by atoms with Crippen LogP contribution >= 0.6 is 0 Å². The van der Waals surface area contributed by atoms with E-state index in [1.165, 1.54) is 12.1 Å². The minimum absolute atomic E-state index is 0.105. The van der Waals surface area contributed by atoms with Crippen molar-refractivity contribution in [2.45, 2.75) is 12.8 Å². The Morgan fingerprint density at radius 1 is 1.55 bits per heavy atom. The van der Waals surface area contributed by atoms with Crippen LogP contribution < -0.4 is 5.32 Å². The van der Waals surface area contributed by atoms with E-state index in [0.717, 1.165) is 38.5 Å². The minimum Gasteiger partial charge on any atom is -0.507 e. The third kappa shape index (κ3) is 4.68. The lowest BCUT2D eigenvalue weighted by Gasteiger charge is -2.32. The number of carbonyl (C=O) groups excluding carboxylic acids is 1. The Labute approximate surface area is 130 Å². The number of methoxy groups -OCH3 is 1. The zero-order valence-electron chi connectivity index (χ0n) is 12.8. The summed E-state index contributed by atoms with van der Waals surface area (Å²) < 4.78 is 18.0. The first-order valence-electron chi connectivity index (χ1n) is 7.58. The summed E-state index contributed by atoms with van der Waals surface area (Å²) in [6.45, 7) is 4.16. The molecule has 1 unspecified atom stereocenters. The highest BCUT2D eigenvalue weighted by Crippen LogP contribution is 2.19. The molecule has 0 saturated carbocycles. The number of hydrogen-bond donors (Lipinski definition) is 2. The van der Waals surface area contributed by atoms with Crippen molar-refractivity contribution in [1.29, 1.82) is 0 Å². The number of phenols is 1. The number of nitrogens with zero attached hydrogens (tertiary/aromatic N) is 1. The largest absolute Gasteiger partial charge is 0.507 e. The van der Waals surface area contributed by atoms with Crippen LogP contribution in [0.25, 0.3) is 0 Å². The second-order valence-electron chi connectivity index (χ2n) is 5.67. The van der Waals surface area contributed by atoms with E-state index >= 15 is 0 Å². The number of benzene rings is 1. The Morgan fingerprint density at radius 3 is 3.09 bits per heavy atom. The summed E-state index contributed by atoms with van der Waals surface area (Å²) in [6, 6.07) is 3.41. The van der Waals surface area contributed by atoms with Crippen LogP contribution in [0.15, 0.2) is 18.2 Å². The van der Waals surface area contributed by atoms with Crippen molar-refractivity contribution in [2.24, 2.45) is 5.92 Å². The van der Waals surface area contributed by atoms with Gasteiger partial charge in [-0.1, -0.05) is 0 Å². The van der Waals surface area contributed by atoms with Crippen molar-refractivity contribution < 1.29 is 19.0 Å². The minimum atomic E-state index is -0.560. The normalized spacial score (nSPS) is 19.1. The maximum atomic E-state index is 12.9. The van der Waals surface area contributed by atoms with Crippen LogP contribution in [0.3, 0.4) is 0 Å². The molecule has 2 N–H and O–H groups in total. The number of rotatable bonds is 6. The molecular weight excluding hydrogens is 287 g/mol. The molecule has 0 aliphatic carbocycles. The molecule has 22 heavy (non-hydrogen) atoms. The number of hydrogen-bond acceptors (Lipinski definition) is 4. The number of piperidine rings is 1. The molecule has 1 aromatic carbocycles. The summed E-state index contributed by atoms with van der Waals surface area (Å²) in [4.78, 5) is 14.4. The Bertz CT molecular complexity index is 510. The fraction of sp³-hybridized carbons (Fsp3) is 0.562. The monoisotopic (exact) mass is 310 g/mol. The number of likely N-dealkylation sites (tertiary alicyclic amines) is 1. The highest BCUT2D eigenvalue weighted by atomic mass is 19.1. The first-order valence-corrected chi connectivity index (χ1v) is 7.58. The zero-order chi connectivity index (χ0) is 15.9. The molecule has 1 saturated heterocycles. The number of ether oxygens (including phenoxy) is 1. The van der Waals surface area contributed by atoms with Gasteiger partial charge in [-0.15, -0.1) is 0 Å². The third-order valence-corrected chi connectivity index (χ3v) is 3.97. The van der Waals surface area contributed by atoms with Crippen LogP contribution in [0, 0.1) is 11.7 Å². The summed E-state index contributed by atoms with van der Waals surface area (Å²) in [5.41, 5.74) is 0.105. The van der Waals surface area contributed by atoms with Crippen molar-refractivity contribution in [3.63, 3.8) is 0 Å². The summed E-state index contributed by atoms with van der Waals surface area (Å²) in [5, 5.41) is 12.4. The molecule has 5 nitrogen and oxygen atoms in total. The van der Waals surface area contributed by atoms with Gasteiger partial charge >= 0.3 is 0 Å². The number of halogens is 1. The topological polar surface area (TPSA) is 61.8 Å². The molecule has 1 heterocycles. The molecule has 1 aliphatic rings. The van der Waals surface area contributed by atoms with Crippen LogP contribution in [0.4, 0.5) is 4.39 Å².